The summed E-state index contributed by atoms with van der Waals surface area (Å²) >= 11 is 0. The highest BCUT2D eigenvalue weighted by Crippen LogP contribution is 2.63. The molecule has 5 rings (SSSR count). The molecule has 4 aliphatic heterocycles. The summed E-state index contributed by atoms with van der Waals surface area (Å²) in [7, 11) is 1.08. The van der Waals surface area contributed by atoms with Gasteiger partial charge in [0, 0.05) is 0 Å². The third kappa shape index (κ3) is 4.45. The summed E-state index contributed by atoms with van der Waals surface area (Å²) in [5.41, 5.74) is -3.82. The Kier molecular flexibility index (Phi) is 7.94. The van der Waals surface area contributed by atoms with Crippen LogP contribution in [0.2, 0.25) is 0 Å². The number of hydrogen-bond donors (Lipinski definition) is 9. The number of esters is 1. The fourth-order valence-corrected chi connectivity index (χ4v) is 5.96. The Morgan fingerprint density at radius 1 is 0.900 bits per heavy atom. The molecule has 0 radical (unpaired) electrons. The van der Waals surface area contributed by atoms with Crippen LogP contribution < -0.4 is 0 Å². The molecule has 9 N–H and O–H groups in total. The van der Waals surface area contributed by atoms with Gasteiger partial charge < -0.3 is 79.1 Å². The molecule has 4 heterocycles. The molecule has 0 aromatic rings. The molecular weight excluding hydrogens is 548 g/mol. The summed E-state index contributed by atoms with van der Waals surface area (Å²) in [6.07, 6.45) is -19.6. The van der Waals surface area contributed by atoms with Crippen LogP contribution in [0.25, 0.3) is 0 Å². The lowest BCUT2D eigenvalue weighted by atomic mass is 9.77. The number of fused-ring (bicyclic) bond motifs is 3. The topological polar surface area (TPSA) is 267 Å². The van der Waals surface area contributed by atoms with E-state index in [-0.39, 0.29) is 5.57 Å². The van der Waals surface area contributed by atoms with E-state index in [0.717, 1.165) is 13.4 Å². The molecule has 16 atom stereocenters. The van der Waals surface area contributed by atoms with Crippen LogP contribution in [0.3, 0.4) is 0 Å². The van der Waals surface area contributed by atoms with E-state index in [4.69, 9.17) is 33.2 Å². The first-order chi connectivity index (χ1) is 18.8. The van der Waals surface area contributed by atoms with Crippen LogP contribution in [-0.2, 0) is 38.0 Å². The second-order valence-electron chi connectivity index (χ2n) is 10.7. The first-order valence-electron chi connectivity index (χ1n) is 12.6. The molecular formula is C23H34O17. The van der Waals surface area contributed by atoms with Crippen LogP contribution in [0.15, 0.2) is 11.8 Å². The monoisotopic (exact) mass is 582 g/mol. The van der Waals surface area contributed by atoms with Gasteiger partial charge >= 0.3 is 5.97 Å². The molecule has 1 saturated carbocycles. The van der Waals surface area contributed by atoms with Gasteiger partial charge in [-0.25, -0.2) is 4.79 Å². The van der Waals surface area contributed by atoms with Crippen molar-refractivity contribution in [1.82, 2.24) is 0 Å². The number of ether oxygens (including phenoxy) is 7. The number of hydrogen-bond acceptors (Lipinski definition) is 17. The van der Waals surface area contributed by atoms with E-state index in [9.17, 15) is 50.8 Å². The summed E-state index contributed by atoms with van der Waals surface area (Å²) in [5, 5.41) is 93.1. The predicted molar refractivity (Wildman–Crippen MR) is 120 cm³/mol. The minimum absolute atomic E-state index is 0.379. The highest BCUT2D eigenvalue weighted by molar-refractivity contribution is 5.91. The zero-order chi connectivity index (χ0) is 29.3. The fraction of sp³-hybridized carbons (Fsp3) is 0.870. The van der Waals surface area contributed by atoms with Crippen molar-refractivity contribution in [2.45, 2.75) is 98.0 Å². The number of rotatable bonds is 7. The molecule has 5 aliphatic rings. The maximum atomic E-state index is 12.3. The van der Waals surface area contributed by atoms with E-state index in [1.165, 1.54) is 0 Å². The van der Waals surface area contributed by atoms with Crippen LogP contribution in [0.5, 0.6) is 0 Å². The molecule has 0 amide bonds. The number of carbonyl (C=O) groups excluding carboxylic acids is 1. The Hall–Kier alpha value is -1.55. The maximum Gasteiger partial charge on any atom is 0.339 e. The standard InChI is InChI=1S/C23H34O17/c1-22-15-21(35-4-6(18(32)34-2)23(15,33)16(31)17(22)40-22)39-20-14(30)12(28)10(26)8(38-20)5-36-19-13(29)11(27)9(25)7(3-24)37-19/h4,7-17,19-21,24-31,33H,3,5H2,1-2H3/t7-,8-,9-,10-,11+,12+,13-,14-,15-,16-,17+,19-,20+,21+,22-,23+/m1/s1. The number of aliphatic hydroxyl groups excluding tert-OH is 8. The van der Waals surface area contributed by atoms with E-state index < -0.39 is 116 Å². The van der Waals surface area contributed by atoms with Gasteiger partial charge in [-0.05, 0) is 6.92 Å². The molecule has 0 aromatic heterocycles. The lowest BCUT2D eigenvalue weighted by molar-refractivity contribution is -0.360. The maximum absolute atomic E-state index is 12.3. The van der Waals surface area contributed by atoms with Gasteiger partial charge in [0.1, 0.15) is 84.1 Å². The predicted octanol–water partition coefficient (Wildman–Crippen LogP) is -6.08. The molecule has 17 nitrogen and oxygen atoms in total. The van der Waals surface area contributed by atoms with Gasteiger partial charge in [0.25, 0.3) is 0 Å². The molecule has 3 saturated heterocycles. The molecule has 40 heavy (non-hydrogen) atoms. The first-order valence-corrected chi connectivity index (χ1v) is 12.6. The molecule has 228 valence electrons. The fourth-order valence-electron chi connectivity index (χ4n) is 5.96. The average molecular weight is 583 g/mol. The second kappa shape index (κ2) is 10.6. The van der Waals surface area contributed by atoms with Crippen molar-refractivity contribution >= 4 is 5.97 Å². The summed E-state index contributed by atoms with van der Waals surface area (Å²) in [4.78, 5) is 12.3. The number of aliphatic hydroxyl groups is 9. The third-order valence-electron chi connectivity index (χ3n) is 8.36. The molecule has 0 spiro atoms. The van der Waals surface area contributed by atoms with Gasteiger partial charge in [0.2, 0.25) is 6.29 Å². The number of carbonyl (C=O) groups is 1. The number of epoxide rings is 1. The quantitative estimate of drug-likeness (QED) is 0.0998. The van der Waals surface area contributed by atoms with Crippen LogP contribution in [0.1, 0.15) is 6.92 Å². The van der Waals surface area contributed by atoms with E-state index >= 15 is 0 Å². The molecule has 4 fully saturated rings. The largest absolute Gasteiger partial charge is 0.471 e. The van der Waals surface area contributed by atoms with Crippen molar-refractivity contribution < 1.29 is 83.9 Å². The van der Waals surface area contributed by atoms with Gasteiger partial charge in [-0.15, -0.1) is 0 Å². The minimum Gasteiger partial charge on any atom is -0.471 e. The molecule has 17 heteroatoms. The number of methoxy groups -OCH3 is 1. The molecule has 0 unspecified atom stereocenters. The highest BCUT2D eigenvalue weighted by atomic mass is 16.8. The molecule has 0 bridgehead atoms. The van der Waals surface area contributed by atoms with Gasteiger partial charge in [0.05, 0.1) is 26.2 Å². The zero-order valence-electron chi connectivity index (χ0n) is 21.4. The Morgan fingerprint density at radius 3 is 2.12 bits per heavy atom. The minimum atomic E-state index is -2.23. The van der Waals surface area contributed by atoms with Gasteiger partial charge in [-0.2, -0.15) is 0 Å². The summed E-state index contributed by atoms with van der Waals surface area (Å²) in [5.74, 6) is -2.20. The highest BCUT2D eigenvalue weighted by Gasteiger charge is 2.81. The van der Waals surface area contributed by atoms with Crippen molar-refractivity contribution in [1.29, 1.82) is 0 Å². The van der Waals surface area contributed by atoms with Crippen molar-refractivity contribution in [2.75, 3.05) is 20.3 Å². The Balaban J connectivity index is 1.31. The Bertz CT molecular complexity index is 992. The summed E-state index contributed by atoms with van der Waals surface area (Å²) < 4.78 is 37.8. The average Bonchev–Trinajstić information content (AvgIpc) is 3.58. The van der Waals surface area contributed by atoms with Crippen LogP contribution >= 0.6 is 0 Å². The zero-order valence-corrected chi connectivity index (χ0v) is 21.4. The summed E-state index contributed by atoms with van der Waals surface area (Å²) in [6, 6.07) is 0. The van der Waals surface area contributed by atoms with E-state index in [2.05, 4.69) is 0 Å². The van der Waals surface area contributed by atoms with Crippen LogP contribution in [0, 0.1) is 5.92 Å². The van der Waals surface area contributed by atoms with Crippen molar-refractivity contribution in [3.05, 3.63) is 11.8 Å². The van der Waals surface area contributed by atoms with Crippen molar-refractivity contribution in [3.63, 3.8) is 0 Å². The van der Waals surface area contributed by atoms with Crippen LogP contribution in [0.4, 0.5) is 0 Å². The molecule has 0 aromatic carbocycles. The van der Waals surface area contributed by atoms with Crippen LogP contribution in [-0.4, -0.2) is 163 Å². The normalized spacial score (nSPS) is 53.6. The Morgan fingerprint density at radius 2 is 1.50 bits per heavy atom. The van der Waals surface area contributed by atoms with Crippen molar-refractivity contribution in [2.24, 2.45) is 5.92 Å². The molecule has 1 aliphatic carbocycles. The summed E-state index contributed by atoms with van der Waals surface area (Å²) in [6.45, 7) is 0.255. The van der Waals surface area contributed by atoms with Crippen molar-refractivity contribution in [3.8, 4) is 0 Å². The Labute approximate surface area is 226 Å². The van der Waals surface area contributed by atoms with E-state index in [0.29, 0.717) is 0 Å². The third-order valence-corrected chi connectivity index (χ3v) is 8.36. The lowest BCUT2D eigenvalue weighted by Crippen LogP contribution is -2.63. The van der Waals surface area contributed by atoms with E-state index in [1.54, 1.807) is 6.92 Å². The lowest BCUT2D eigenvalue weighted by Gasteiger charge is -2.46. The van der Waals surface area contributed by atoms with Gasteiger partial charge in [0.15, 0.2) is 12.6 Å². The first kappa shape index (κ1) is 29.9. The second-order valence-corrected chi connectivity index (χ2v) is 10.7. The van der Waals surface area contributed by atoms with E-state index in [1.807, 2.05) is 0 Å². The SMILES string of the molecule is COC(=O)C1=CO[C@@H](O[C@@H]2O[C@H](CO[C@@H]3O[C@H](CO)[C@@H](O)[C@H](O)[C@H]3O)[C@@H](O)[C@H](O)[C@H]2O)[C@@H]2[C@@]3(C)O[C@H]3[C@@H](O)[C@]12O. The smallest absolute Gasteiger partial charge is 0.339 e. The van der Waals surface area contributed by atoms with Gasteiger partial charge in [-0.1, -0.05) is 0 Å². The van der Waals surface area contributed by atoms with Gasteiger partial charge in [-0.3, -0.25) is 0 Å².